The van der Waals surface area contributed by atoms with Gasteiger partial charge in [-0.25, -0.2) is 8.78 Å². The van der Waals surface area contributed by atoms with Crippen LogP contribution in [0.25, 0.3) is 0 Å². The van der Waals surface area contributed by atoms with Gasteiger partial charge >= 0.3 is 0 Å². The first-order valence-electron chi connectivity index (χ1n) is 7.90. The third kappa shape index (κ3) is 3.43. The quantitative estimate of drug-likeness (QED) is 0.887. The zero-order chi connectivity index (χ0) is 15.5. The molecule has 118 valence electrons. The molecule has 1 N–H and O–H groups in total. The van der Waals surface area contributed by atoms with Crippen LogP contribution in [0.1, 0.15) is 51.6 Å². The minimum absolute atomic E-state index is 0.226. The van der Waals surface area contributed by atoms with E-state index in [0.29, 0.717) is 5.56 Å². The van der Waals surface area contributed by atoms with E-state index in [4.69, 9.17) is 0 Å². The number of likely N-dealkylation sites (N-methyl/N-ethyl adjacent to an activating group) is 1. The number of benzene rings is 1. The lowest BCUT2D eigenvalue weighted by Gasteiger charge is -2.46. The van der Waals surface area contributed by atoms with E-state index in [0.717, 1.165) is 19.6 Å². The number of halogens is 2. The van der Waals surface area contributed by atoms with Crippen molar-refractivity contribution in [3.05, 3.63) is 35.4 Å². The number of hydrogen-bond donors (Lipinski definition) is 1. The minimum atomic E-state index is -0.773. The molecule has 0 bridgehead atoms. The van der Waals surface area contributed by atoms with E-state index >= 15 is 0 Å². The van der Waals surface area contributed by atoms with E-state index in [9.17, 15) is 8.78 Å². The van der Waals surface area contributed by atoms with Gasteiger partial charge in [0.15, 0.2) is 11.6 Å². The first-order valence-corrected chi connectivity index (χ1v) is 7.90. The summed E-state index contributed by atoms with van der Waals surface area (Å²) < 4.78 is 27.8. The lowest BCUT2D eigenvalue weighted by atomic mass is 9.85. The molecule has 1 unspecified atom stereocenters. The van der Waals surface area contributed by atoms with Crippen molar-refractivity contribution < 1.29 is 8.78 Å². The highest BCUT2D eigenvalue weighted by Gasteiger charge is 2.38. The van der Waals surface area contributed by atoms with Gasteiger partial charge in [-0.2, -0.15) is 0 Å². The molecule has 0 aliphatic carbocycles. The number of likely N-dealkylation sites (tertiary alicyclic amines) is 1. The van der Waals surface area contributed by atoms with Gasteiger partial charge in [0.25, 0.3) is 0 Å². The molecule has 4 heteroatoms. The second-order valence-corrected chi connectivity index (χ2v) is 6.34. The van der Waals surface area contributed by atoms with Crippen molar-refractivity contribution in [3.63, 3.8) is 0 Å². The number of hydrogen-bond acceptors (Lipinski definition) is 2. The molecular weight excluding hydrogens is 270 g/mol. The molecule has 0 aromatic heterocycles. The molecule has 1 saturated heterocycles. The molecule has 21 heavy (non-hydrogen) atoms. The maximum atomic E-state index is 14.2. The second kappa shape index (κ2) is 6.84. The van der Waals surface area contributed by atoms with Gasteiger partial charge in [0.05, 0.1) is 6.04 Å². The average molecular weight is 296 g/mol. The Hall–Kier alpha value is -1.00. The minimum Gasteiger partial charge on any atom is -0.309 e. The lowest BCUT2D eigenvalue weighted by molar-refractivity contribution is 0.0599. The third-order valence-corrected chi connectivity index (χ3v) is 4.58. The van der Waals surface area contributed by atoms with Crippen LogP contribution in [0, 0.1) is 11.6 Å². The van der Waals surface area contributed by atoms with Crippen LogP contribution >= 0.6 is 0 Å². The Morgan fingerprint density at radius 2 is 1.86 bits per heavy atom. The summed E-state index contributed by atoms with van der Waals surface area (Å²) in [5, 5.41) is 3.36. The Balaban J connectivity index is 2.34. The number of nitrogens with one attached hydrogen (secondary N) is 1. The highest BCUT2D eigenvalue weighted by Crippen LogP contribution is 2.34. The monoisotopic (exact) mass is 296 g/mol. The summed E-state index contributed by atoms with van der Waals surface area (Å²) >= 11 is 0. The first-order chi connectivity index (χ1) is 9.98. The fourth-order valence-corrected chi connectivity index (χ4v) is 3.34. The SMILES string of the molecule is CCNC(c1cccc(F)c1F)C(C)(C)N1CCCCC1. The van der Waals surface area contributed by atoms with Gasteiger partial charge in [0, 0.05) is 11.1 Å². The van der Waals surface area contributed by atoms with Crippen molar-refractivity contribution in [3.8, 4) is 0 Å². The van der Waals surface area contributed by atoms with Gasteiger partial charge in [-0.1, -0.05) is 25.5 Å². The molecule has 1 aromatic rings. The van der Waals surface area contributed by atoms with Crippen LogP contribution in [0.4, 0.5) is 8.78 Å². The van der Waals surface area contributed by atoms with Gasteiger partial charge in [0.1, 0.15) is 0 Å². The maximum absolute atomic E-state index is 14.2. The van der Waals surface area contributed by atoms with Crippen molar-refractivity contribution >= 4 is 0 Å². The molecule has 0 saturated carbocycles. The van der Waals surface area contributed by atoms with Crippen LogP contribution in [-0.4, -0.2) is 30.1 Å². The van der Waals surface area contributed by atoms with Crippen molar-refractivity contribution in [2.45, 2.75) is 51.6 Å². The molecule has 1 aromatic carbocycles. The Bertz CT molecular complexity index is 468. The van der Waals surface area contributed by atoms with Crippen LogP contribution in [-0.2, 0) is 0 Å². The van der Waals surface area contributed by atoms with Crippen molar-refractivity contribution in [1.82, 2.24) is 10.2 Å². The van der Waals surface area contributed by atoms with Crippen molar-refractivity contribution in [2.75, 3.05) is 19.6 Å². The van der Waals surface area contributed by atoms with Crippen LogP contribution in [0.2, 0.25) is 0 Å². The fourth-order valence-electron chi connectivity index (χ4n) is 3.34. The number of nitrogens with zero attached hydrogens (tertiary/aromatic N) is 1. The van der Waals surface area contributed by atoms with E-state index in [-0.39, 0.29) is 11.6 Å². The molecular formula is C17H26F2N2. The number of piperidine rings is 1. The summed E-state index contributed by atoms with van der Waals surface area (Å²) in [4.78, 5) is 2.40. The molecule has 1 aliphatic rings. The molecule has 1 fully saturated rings. The molecule has 2 rings (SSSR count). The Morgan fingerprint density at radius 3 is 2.48 bits per heavy atom. The number of rotatable bonds is 5. The van der Waals surface area contributed by atoms with Crippen LogP contribution in [0.15, 0.2) is 18.2 Å². The zero-order valence-corrected chi connectivity index (χ0v) is 13.3. The van der Waals surface area contributed by atoms with E-state index < -0.39 is 11.6 Å². The smallest absolute Gasteiger partial charge is 0.163 e. The average Bonchev–Trinajstić information content (AvgIpc) is 2.49. The summed E-state index contributed by atoms with van der Waals surface area (Å²) in [6.45, 7) is 9.00. The highest BCUT2D eigenvalue weighted by atomic mass is 19.2. The van der Waals surface area contributed by atoms with Gasteiger partial charge in [-0.3, -0.25) is 4.90 Å². The van der Waals surface area contributed by atoms with E-state index in [2.05, 4.69) is 24.1 Å². The van der Waals surface area contributed by atoms with E-state index in [1.165, 1.54) is 25.3 Å². The third-order valence-electron chi connectivity index (χ3n) is 4.58. The zero-order valence-electron chi connectivity index (χ0n) is 13.3. The Kier molecular flexibility index (Phi) is 5.33. The van der Waals surface area contributed by atoms with Crippen molar-refractivity contribution in [2.24, 2.45) is 0 Å². The molecule has 1 heterocycles. The van der Waals surface area contributed by atoms with Gasteiger partial charge in [-0.15, -0.1) is 0 Å². The second-order valence-electron chi connectivity index (χ2n) is 6.34. The fraction of sp³-hybridized carbons (Fsp3) is 0.647. The van der Waals surface area contributed by atoms with E-state index in [1.807, 2.05) is 6.92 Å². The predicted octanol–water partition coefficient (Wildman–Crippen LogP) is 3.88. The predicted molar refractivity (Wildman–Crippen MR) is 82.3 cm³/mol. The lowest BCUT2D eigenvalue weighted by Crippen LogP contribution is -2.54. The molecule has 0 amide bonds. The van der Waals surface area contributed by atoms with Crippen LogP contribution in [0.3, 0.4) is 0 Å². The summed E-state index contributed by atoms with van der Waals surface area (Å²) in [7, 11) is 0. The first kappa shape index (κ1) is 16.4. The standard InChI is InChI=1S/C17H26F2N2/c1-4-20-16(13-9-8-10-14(18)15(13)19)17(2,3)21-11-6-5-7-12-21/h8-10,16,20H,4-7,11-12H2,1-3H3. The molecule has 1 aliphatic heterocycles. The normalized spacial score (nSPS) is 18.7. The van der Waals surface area contributed by atoms with Gasteiger partial charge in [0.2, 0.25) is 0 Å². The summed E-state index contributed by atoms with van der Waals surface area (Å²) in [5.41, 5.74) is 0.165. The topological polar surface area (TPSA) is 15.3 Å². The molecule has 2 nitrogen and oxygen atoms in total. The largest absolute Gasteiger partial charge is 0.309 e. The van der Waals surface area contributed by atoms with E-state index in [1.54, 1.807) is 12.1 Å². The van der Waals surface area contributed by atoms with Crippen LogP contribution in [0.5, 0.6) is 0 Å². The summed E-state index contributed by atoms with van der Waals surface area (Å²) in [6, 6.07) is 4.23. The highest BCUT2D eigenvalue weighted by molar-refractivity contribution is 5.26. The molecule has 1 atom stereocenters. The van der Waals surface area contributed by atoms with Gasteiger partial charge in [-0.05, 0) is 52.4 Å². The van der Waals surface area contributed by atoms with Crippen LogP contribution < -0.4 is 5.32 Å². The van der Waals surface area contributed by atoms with Crippen molar-refractivity contribution in [1.29, 1.82) is 0 Å². The maximum Gasteiger partial charge on any atom is 0.163 e. The Morgan fingerprint density at radius 1 is 1.19 bits per heavy atom. The summed E-state index contributed by atoms with van der Waals surface area (Å²) in [6.07, 6.45) is 3.61. The van der Waals surface area contributed by atoms with Gasteiger partial charge < -0.3 is 5.32 Å². The Labute approximate surface area is 126 Å². The molecule has 0 spiro atoms. The molecule has 0 radical (unpaired) electrons. The summed E-state index contributed by atoms with van der Waals surface area (Å²) in [5.74, 6) is -1.50.